The molecule has 0 radical (unpaired) electrons. The Morgan fingerprint density at radius 1 is 1.30 bits per heavy atom. The molecular weight excluding hydrogens is 278 g/mol. The lowest BCUT2D eigenvalue weighted by molar-refractivity contribution is 0.0697. The second kappa shape index (κ2) is 5.98. The summed E-state index contributed by atoms with van der Waals surface area (Å²) < 4.78 is 5.53. The second-order valence-corrected chi connectivity index (χ2v) is 4.26. The van der Waals surface area contributed by atoms with Crippen molar-refractivity contribution in [2.45, 2.75) is 0 Å². The summed E-state index contributed by atoms with van der Waals surface area (Å²) in [6.07, 6.45) is 1.44. The fourth-order valence-corrected chi connectivity index (χ4v) is 1.57. The van der Waals surface area contributed by atoms with E-state index in [1.807, 2.05) is 0 Å². The number of carboxylic acid groups (broad SMARTS) is 1. The number of aromatic carboxylic acids is 1. The van der Waals surface area contributed by atoms with Crippen molar-refractivity contribution in [3.05, 3.63) is 47.7 Å². The molecule has 4 N–H and O–H groups in total. The highest BCUT2D eigenvalue weighted by Gasteiger charge is 2.06. The number of nitrogens with one attached hydrogen (secondary N) is 1. The van der Waals surface area contributed by atoms with Gasteiger partial charge in [0.2, 0.25) is 0 Å². The number of rotatable bonds is 4. The average molecular weight is 289 g/mol. The van der Waals surface area contributed by atoms with Gasteiger partial charge in [0, 0.05) is 5.56 Å². The lowest BCUT2D eigenvalue weighted by Crippen LogP contribution is -2.23. The van der Waals surface area contributed by atoms with E-state index in [-0.39, 0.29) is 10.7 Å². The highest BCUT2D eigenvalue weighted by atomic mass is 32.1. The molecule has 0 atom stereocenters. The summed E-state index contributed by atoms with van der Waals surface area (Å²) in [6.45, 7) is 0. The lowest BCUT2D eigenvalue weighted by atomic mass is 10.1. The molecule has 0 aliphatic carbocycles. The molecule has 0 saturated heterocycles. The number of carboxylic acids is 1. The first kappa shape index (κ1) is 13.8. The van der Waals surface area contributed by atoms with E-state index in [0.29, 0.717) is 11.5 Å². The largest absolute Gasteiger partial charge is 0.478 e. The van der Waals surface area contributed by atoms with Gasteiger partial charge >= 0.3 is 5.97 Å². The number of hydrazone groups is 1. The first-order valence-electron chi connectivity index (χ1n) is 5.58. The quantitative estimate of drug-likeness (QED) is 0.451. The maximum atomic E-state index is 10.8. The third-order valence-corrected chi connectivity index (χ3v) is 2.50. The van der Waals surface area contributed by atoms with Crippen LogP contribution in [-0.2, 0) is 0 Å². The van der Waals surface area contributed by atoms with Crippen molar-refractivity contribution in [1.82, 2.24) is 5.43 Å². The maximum Gasteiger partial charge on any atom is 0.335 e. The Morgan fingerprint density at radius 3 is 2.60 bits per heavy atom. The number of carbonyl (C=O) groups is 1. The van der Waals surface area contributed by atoms with E-state index in [0.717, 1.165) is 5.56 Å². The van der Waals surface area contributed by atoms with E-state index in [1.54, 1.807) is 24.3 Å². The fraction of sp³-hybridized carbons (Fsp3) is 0. The molecule has 0 spiro atoms. The smallest absolute Gasteiger partial charge is 0.335 e. The van der Waals surface area contributed by atoms with Crippen LogP contribution < -0.4 is 11.2 Å². The van der Waals surface area contributed by atoms with Gasteiger partial charge < -0.3 is 15.3 Å². The molecule has 7 heteroatoms. The number of thiocarbonyl (C=S) groups is 1. The van der Waals surface area contributed by atoms with Crippen LogP contribution in [0.15, 0.2) is 45.9 Å². The summed E-state index contributed by atoms with van der Waals surface area (Å²) >= 11 is 4.60. The van der Waals surface area contributed by atoms with Crippen LogP contribution in [0.4, 0.5) is 0 Å². The highest BCUT2D eigenvalue weighted by Crippen LogP contribution is 2.21. The molecule has 0 bridgehead atoms. The summed E-state index contributed by atoms with van der Waals surface area (Å²) in [4.78, 5) is 10.8. The van der Waals surface area contributed by atoms with Crippen molar-refractivity contribution >= 4 is 29.5 Å². The zero-order valence-corrected chi connectivity index (χ0v) is 11.1. The molecule has 1 aromatic heterocycles. The van der Waals surface area contributed by atoms with Gasteiger partial charge in [0.1, 0.15) is 11.5 Å². The molecule has 0 saturated carbocycles. The molecule has 0 fully saturated rings. The molecule has 0 aliphatic rings. The van der Waals surface area contributed by atoms with Gasteiger partial charge in [0.05, 0.1) is 11.8 Å². The van der Waals surface area contributed by atoms with Crippen molar-refractivity contribution in [3.63, 3.8) is 0 Å². The van der Waals surface area contributed by atoms with Crippen LogP contribution in [0.3, 0.4) is 0 Å². The number of benzene rings is 1. The topological polar surface area (TPSA) is 101 Å². The number of hydrogen-bond acceptors (Lipinski definition) is 4. The summed E-state index contributed by atoms with van der Waals surface area (Å²) in [6, 6.07) is 9.88. The molecule has 20 heavy (non-hydrogen) atoms. The van der Waals surface area contributed by atoms with Gasteiger partial charge in [-0.2, -0.15) is 5.10 Å². The molecule has 0 aliphatic heterocycles. The summed E-state index contributed by atoms with van der Waals surface area (Å²) in [5, 5.41) is 12.7. The van der Waals surface area contributed by atoms with E-state index in [1.165, 1.54) is 18.3 Å². The SMILES string of the molecule is NC(=S)NN=Cc1ccc(-c2ccc(C(=O)O)cc2)o1. The maximum absolute atomic E-state index is 10.8. The Bertz CT molecular complexity index is 662. The van der Waals surface area contributed by atoms with Crippen molar-refractivity contribution in [1.29, 1.82) is 0 Å². The molecule has 2 aromatic rings. The highest BCUT2D eigenvalue weighted by molar-refractivity contribution is 7.80. The minimum atomic E-state index is -0.965. The van der Waals surface area contributed by atoms with Gasteiger partial charge in [-0.25, -0.2) is 4.79 Å². The lowest BCUT2D eigenvalue weighted by Gasteiger charge is -1.98. The van der Waals surface area contributed by atoms with Crippen LogP contribution in [0.2, 0.25) is 0 Å². The molecule has 2 rings (SSSR count). The Balaban J connectivity index is 2.14. The van der Waals surface area contributed by atoms with Gasteiger partial charge in [-0.1, -0.05) is 12.1 Å². The molecule has 1 aromatic carbocycles. The predicted octanol–water partition coefficient (Wildman–Crippen LogP) is 1.81. The van der Waals surface area contributed by atoms with E-state index in [4.69, 9.17) is 15.3 Å². The summed E-state index contributed by atoms with van der Waals surface area (Å²) in [5.74, 6) is 0.164. The van der Waals surface area contributed by atoms with Gasteiger partial charge in [0.25, 0.3) is 0 Å². The number of nitrogens with two attached hydrogens (primary N) is 1. The number of furan rings is 1. The van der Waals surface area contributed by atoms with Gasteiger partial charge in [-0.15, -0.1) is 0 Å². The van der Waals surface area contributed by atoms with Gasteiger partial charge in [-0.3, -0.25) is 5.43 Å². The van der Waals surface area contributed by atoms with Crippen molar-refractivity contribution in [2.24, 2.45) is 10.8 Å². The van der Waals surface area contributed by atoms with Gasteiger partial charge in [0.15, 0.2) is 5.11 Å². The average Bonchev–Trinajstić information content (AvgIpc) is 2.87. The zero-order chi connectivity index (χ0) is 14.5. The molecule has 102 valence electrons. The van der Waals surface area contributed by atoms with E-state index in [9.17, 15) is 4.79 Å². The van der Waals surface area contributed by atoms with E-state index < -0.39 is 5.97 Å². The van der Waals surface area contributed by atoms with Crippen molar-refractivity contribution < 1.29 is 14.3 Å². The second-order valence-electron chi connectivity index (χ2n) is 3.82. The van der Waals surface area contributed by atoms with Crippen LogP contribution in [0.25, 0.3) is 11.3 Å². The molecule has 0 unspecified atom stereocenters. The van der Waals surface area contributed by atoms with Crippen LogP contribution in [0, 0.1) is 0 Å². The first-order chi connectivity index (χ1) is 9.56. The summed E-state index contributed by atoms with van der Waals surface area (Å²) in [7, 11) is 0. The number of hydrogen-bond donors (Lipinski definition) is 3. The minimum absolute atomic E-state index is 0.0669. The fourth-order valence-electron chi connectivity index (χ4n) is 1.51. The van der Waals surface area contributed by atoms with E-state index >= 15 is 0 Å². The van der Waals surface area contributed by atoms with Gasteiger partial charge in [-0.05, 0) is 36.5 Å². The Kier molecular flexibility index (Phi) is 4.11. The Hall–Kier alpha value is -2.67. The first-order valence-corrected chi connectivity index (χ1v) is 5.99. The monoisotopic (exact) mass is 289 g/mol. The molecule has 6 nitrogen and oxygen atoms in total. The van der Waals surface area contributed by atoms with Crippen LogP contribution >= 0.6 is 12.2 Å². The summed E-state index contributed by atoms with van der Waals surface area (Å²) in [5.41, 5.74) is 8.64. The van der Waals surface area contributed by atoms with Crippen molar-refractivity contribution in [2.75, 3.05) is 0 Å². The van der Waals surface area contributed by atoms with Crippen LogP contribution in [0.5, 0.6) is 0 Å². The zero-order valence-electron chi connectivity index (χ0n) is 10.2. The number of nitrogens with zero attached hydrogens (tertiary/aromatic N) is 1. The normalized spacial score (nSPS) is 10.6. The third kappa shape index (κ3) is 3.42. The Morgan fingerprint density at radius 2 is 2.00 bits per heavy atom. The van der Waals surface area contributed by atoms with E-state index in [2.05, 4.69) is 22.7 Å². The van der Waals surface area contributed by atoms with Crippen molar-refractivity contribution in [3.8, 4) is 11.3 Å². The minimum Gasteiger partial charge on any atom is -0.478 e. The molecular formula is C13H11N3O3S. The molecule has 0 amide bonds. The predicted molar refractivity (Wildman–Crippen MR) is 78.6 cm³/mol. The third-order valence-electron chi connectivity index (χ3n) is 2.41. The Labute approximate surface area is 119 Å². The molecule has 1 heterocycles. The standard InChI is InChI=1S/C13H11N3O3S/c14-13(20)16-15-7-10-5-6-11(19-10)8-1-3-9(4-2-8)12(17)18/h1-7H,(H,17,18)(H3,14,16,20). The van der Waals surface area contributed by atoms with Crippen LogP contribution in [-0.4, -0.2) is 22.4 Å². The van der Waals surface area contributed by atoms with Crippen LogP contribution in [0.1, 0.15) is 16.1 Å².